The Balaban J connectivity index is 2.33. The first-order chi connectivity index (χ1) is 11.8. The zero-order valence-electron chi connectivity index (χ0n) is 16.1. The van der Waals surface area contributed by atoms with Gasteiger partial charge in [-0.05, 0) is 36.8 Å². The molecule has 0 fully saturated rings. The van der Waals surface area contributed by atoms with Gasteiger partial charge < -0.3 is 15.5 Å². The van der Waals surface area contributed by atoms with Crippen LogP contribution < -0.4 is 5.32 Å². The highest BCUT2D eigenvalue weighted by Crippen LogP contribution is 2.19. The number of nitrogens with one attached hydrogen (secondary N) is 1. The highest BCUT2D eigenvalue weighted by atomic mass is 16.5. The van der Waals surface area contributed by atoms with Crippen LogP contribution in [0.3, 0.4) is 0 Å². The average molecular weight is 350 g/mol. The molecule has 0 aliphatic heterocycles. The molecule has 0 aliphatic carbocycles. The van der Waals surface area contributed by atoms with Crippen molar-refractivity contribution >= 4 is 5.91 Å². The van der Waals surface area contributed by atoms with Gasteiger partial charge in [0.25, 0.3) is 0 Å². The molecule has 0 saturated heterocycles. The molecule has 1 unspecified atom stereocenters. The monoisotopic (exact) mass is 349 g/mol. The highest BCUT2D eigenvalue weighted by molar-refractivity contribution is 5.73. The lowest BCUT2D eigenvalue weighted by molar-refractivity contribution is -0.219. The molecule has 25 heavy (non-hydrogen) atoms. The number of carbonyl (C=O) groups excluding carboxylic acids is 1. The Morgan fingerprint density at radius 3 is 2.08 bits per heavy atom. The van der Waals surface area contributed by atoms with Gasteiger partial charge in [-0.3, -0.25) is 4.79 Å². The highest BCUT2D eigenvalue weighted by Gasteiger charge is 2.31. The topological polar surface area (TPSA) is 69.6 Å². The van der Waals surface area contributed by atoms with Crippen LogP contribution >= 0.6 is 0 Å². The molecule has 4 heteroatoms. The third-order valence-corrected chi connectivity index (χ3v) is 4.76. The standard InChI is InChI=1S/C21H35NO3/c1-4-5-6-7-8-9-10-19-13-15-20(16-14-19)12-11-17(2)21(24,25)22-18(3)23/h13-17,24-25H,4-12H2,1-3H3,(H,22,23). The van der Waals surface area contributed by atoms with E-state index < -0.39 is 17.7 Å². The van der Waals surface area contributed by atoms with E-state index in [1.807, 2.05) is 0 Å². The summed E-state index contributed by atoms with van der Waals surface area (Å²) in [5.74, 6) is -3.04. The number of rotatable bonds is 12. The lowest BCUT2D eigenvalue weighted by atomic mass is 9.96. The molecule has 0 heterocycles. The lowest BCUT2D eigenvalue weighted by Gasteiger charge is -2.28. The van der Waals surface area contributed by atoms with Crippen LogP contribution in [0.25, 0.3) is 0 Å². The largest absolute Gasteiger partial charge is 0.349 e. The average Bonchev–Trinajstić information content (AvgIpc) is 2.55. The van der Waals surface area contributed by atoms with Gasteiger partial charge in [0.15, 0.2) is 0 Å². The molecular formula is C21H35NO3. The van der Waals surface area contributed by atoms with Crippen molar-refractivity contribution in [1.82, 2.24) is 5.32 Å². The van der Waals surface area contributed by atoms with Gasteiger partial charge in [0.1, 0.15) is 0 Å². The fraction of sp³-hybridized carbons (Fsp3) is 0.667. The van der Waals surface area contributed by atoms with Crippen LogP contribution in [0.1, 0.15) is 76.8 Å². The van der Waals surface area contributed by atoms with E-state index in [0.717, 1.165) is 12.8 Å². The molecule has 0 spiro atoms. The summed E-state index contributed by atoms with van der Waals surface area (Å²) in [6.07, 6.45) is 10.3. The number of aliphatic hydroxyl groups is 2. The first kappa shape index (κ1) is 21.7. The van der Waals surface area contributed by atoms with E-state index in [1.54, 1.807) is 6.92 Å². The number of hydrogen-bond acceptors (Lipinski definition) is 3. The number of aryl methyl sites for hydroxylation is 2. The van der Waals surface area contributed by atoms with Crippen LogP contribution in [0.2, 0.25) is 0 Å². The predicted octanol–water partition coefficient (Wildman–Crippen LogP) is 3.93. The van der Waals surface area contributed by atoms with Gasteiger partial charge >= 0.3 is 0 Å². The Kier molecular flexibility index (Phi) is 9.76. The van der Waals surface area contributed by atoms with E-state index in [4.69, 9.17) is 0 Å². The Labute approximate surface area is 152 Å². The zero-order valence-corrected chi connectivity index (χ0v) is 16.1. The summed E-state index contributed by atoms with van der Waals surface area (Å²) in [6.45, 7) is 5.24. The van der Waals surface area contributed by atoms with Crippen molar-refractivity contribution in [2.45, 2.75) is 84.5 Å². The van der Waals surface area contributed by atoms with E-state index in [2.05, 4.69) is 36.5 Å². The maximum Gasteiger partial charge on any atom is 0.248 e. The Bertz CT molecular complexity index is 496. The van der Waals surface area contributed by atoms with Crippen LogP contribution in [0.5, 0.6) is 0 Å². The summed E-state index contributed by atoms with van der Waals surface area (Å²) in [6, 6.07) is 8.58. The SMILES string of the molecule is CCCCCCCCc1ccc(CCC(C)C(O)(O)NC(C)=O)cc1. The number of hydrogen-bond donors (Lipinski definition) is 3. The molecule has 1 rings (SSSR count). The summed E-state index contributed by atoms with van der Waals surface area (Å²) in [4.78, 5) is 11.0. The third kappa shape index (κ3) is 9.03. The second-order valence-corrected chi connectivity index (χ2v) is 7.18. The van der Waals surface area contributed by atoms with Crippen LogP contribution in [0.15, 0.2) is 24.3 Å². The quantitative estimate of drug-likeness (QED) is 0.395. The summed E-state index contributed by atoms with van der Waals surface area (Å²) in [5, 5.41) is 21.9. The molecule has 3 N–H and O–H groups in total. The maximum absolute atomic E-state index is 11.0. The molecule has 0 bridgehead atoms. The predicted molar refractivity (Wildman–Crippen MR) is 102 cm³/mol. The van der Waals surface area contributed by atoms with Gasteiger partial charge in [-0.15, -0.1) is 0 Å². The minimum Gasteiger partial charge on any atom is -0.349 e. The molecule has 0 saturated carbocycles. The van der Waals surface area contributed by atoms with Gasteiger partial charge in [-0.1, -0.05) is 70.2 Å². The maximum atomic E-state index is 11.0. The molecule has 0 aliphatic rings. The second-order valence-electron chi connectivity index (χ2n) is 7.18. The number of carbonyl (C=O) groups is 1. The van der Waals surface area contributed by atoms with Crippen LogP contribution in [0.4, 0.5) is 0 Å². The van der Waals surface area contributed by atoms with Crippen molar-refractivity contribution in [3.05, 3.63) is 35.4 Å². The van der Waals surface area contributed by atoms with Gasteiger partial charge in [0.05, 0.1) is 0 Å². The van der Waals surface area contributed by atoms with Gasteiger partial charge in [0.2, 0.25) is 11.8 Å². The first-order valence-corrected chi connectivity index (χ1v) is 9.66. The van der Waals surface area contributed by atoms with Crippen molar-refractivity contribution in [2.24, 2.45) is 5.92 Å². The van der Waals surface area contributed by atoms with E-state index in [1.165, 1.54) is 56.6 Å². The number of unbranched alkanes of at least 4 members (excludes halogenated alkanes) is 5. The van der Waals surface area contributed by atoms with Gasteiger partial charge in [0, 0.05) is 12.8 Å². The summed E-state index contributed by atoms with van der Waals surface area (Å²) in [7, 11) is 0. The molecule has 1 aromatic rings. The zero-order chi connectivity index (χ0) is 18.7. The van der Waals surface area contributed by atoms with Crippen molar-refractivity contribution < 1.29 is 15.0 Å². The van der Waals surface area contributed by atoms with Crippen LogP contribution in [-0.2, 0) is 17.6 Å². The fourth-order valence-corrected chi connectivity index (χ4v) is 2.95. The number of benzene rings is 1. The normalized spacial score (nSPS) is 12.8. The molecule has 4 nitrogen and oxygen atoms in total. The Morgan fingerprint density at radius 2 is 1.52 bits per heavy atom. The van der Waals surface area contributed by atoms with Gasteiger partial charge in [-0.2, -0.15) is 0 Å². The van der Waals surface area contributed by atoms with Gasteiger partial charge in [-0.25, -0.2) is 0 Å². The van der Waals surface area contributed by atoms with Crippen LogP contribution in [-0.4, -0.2) is 22.0 Å². The van der Waals surface area contributed by atoms with Crippen molar-refractivity contribution in [1.29, 1.82) is 0 Å². The molecule has 1 amide bonds. The summed E-state index contributed by atoms with van der Waals surface area (Å²) in [5.41, 5.74) is 2.54. The first-order valence-electron chi connectivity index (χ1n) is 9.66. The van der Waals surface area contributed by atoms with E-state index >= 15 is 0 Å². The van der Waals surface area contributed by atoms with Crippen molar-refractivity contribution in [3.63, 3.8) is 0 Å². The van der Waals surface area contributed by atoms with Crippen molar-refractivity contribution in [2.75, 3.05) is 0 Å². The second kappa shape index (κ2) is 11.3. The van der Waals surface area contributed by atoms with Crippen LogP contribution in [0, 0.1) is 5.92 Å². The Morgan fingerprint density at radius 1 is 1.00 bits per heavy atom. The van der Waals surface area contributed by atoms with E-state index in [-0.39, 0.29) is 0 Å². The van der Waals surface area contributed by atoms with E-state index in [9.17, 15) is 15.0 Å². The third-order valence-electron chi connectivity index (χ3n) is 4.76. The minimum absolute atomic E-state index is 0.445. The molecular weight excluding hydrogens is 314 g/mol. The molecule has 1 atom stereocenters. The Hall–Kier alpha value is -1.39. The molecule has 142 valence electrons. The molecule has 1 aromatic carbocycles. The lowest BCUT2D eigenvalue weighted by Crippen LogP contribution is -2.52. The smallest absolute Gasteiger partial charge is 0.248 e. The van der Waals surface area contributed by atoms with Crippen molar-refractivity contribution in [3.8, 4) is 0 Å². The minimum atomic E-state index is -2.15. The molecule has 0 aromatic heterocycles. The summed E-state index contributed by atoms with van der Waals surface area (Å²) < 4.78 is 0. The number of amides is 1. The summed E-state index contributed by atoms with van der Waals surface area (Å²) >= 11 is 0. The van der Waals surface area contributed by atoms with E-state index in [0.29, 0.717) is 6.42 Å². The molecule has 0 radical (unpaired) electrons. The fourth-order valence-electron chi connectivity index (χ4n) is 2.95.